The second-order valence-electron chi connectivity index (χ2n) is 13.7. The molecule has 4 atom stereocenters. The fourth-order valence-electron chi connectivity index (χ4n) is 6.28. The second kappa shape index (κ2) is 17.1. The molecule has 2 heterocycles. The van der Waals surface area contributed by atoms with Crippen LogP contribution in [0.1, 0.15) is 81.6 Å². The number of urea groups is 1. The fourth-order valence-corrected chi connectivity index (χ4v) is 6.28. The van der Waals surface area contributed by atoms with Crippen molar-refractivity contribution in [2.45, 2.75) is 90.2 Å². The van der Waals surface area contributed by atoms with E-state index in [1.165, 1.54) is 0 Å². The lowest BCUT2D eigenvalue weighted by atomic mass is 9.98. The van der Waals surface area contributed by atoms with E-state index in [0.717, 1.165) is 52.8 Å². The number of nitrogens with zero attached hydrogens (tertiary/aromatic N) is 1. The highest BCUT2D eigenvalue weighted by Crippen LogP contribution is 2.39. The Morgan fingerprint density at radius 2 is 1.66 bits per heavy atom. The van der Waals surface area contributed by atoms with Crippen LogP contribution in [-0.2, 0) is 41.7 Å². The molecule has 2 aliphatic rings. The second-order valence-corrected chi connectivity index (χ2v) is 13.7. The number of nitrogens with one attached hydrogen (secondary N) is 2. The Hall–Kier alpha value is -4.29. The number of hydrogen-bond donors (Lipinski definition) is 3. The molecule has 0 aromatic heterocycles. The number of benzene rings is 3. The molecular weight excluding hydrogens is 638 g/mol. The van der Waals surface area contributed by atoms with Gasteiger partial charge in [-0.2, -0.15) is 0 Å². The van der Waals surface area contributed by atoms with Crippen molar-refractivity contribution in [1.82, 2.24) is 15.5 Å². The van der Waals surface area contributed by atoms with Gasteiger partial charge in [0.25, 0.3) is 0 Å². The van der Waals surface area contributed by atoms with Gasteiger partial charge in [0.1, 0.15) is 18.2 Å². The van der Waals surface area contributed by atoms with Gasteiger partial charge < -0.3 is 34.7 Å². The number of aliphatic hydroxyl groups is 1. The molecule has 11 heteroatoms. The summed E-state index contributed by atoms with van der Waals surface area (Å²) < 4.78 is 23.7. The van der Waals surface area contributed by atoms with E-state index < -0.39 is 23.9 Å². The Morgan fingerprint density at radius 3 is 2.36 bits per heavy atom. The van der Waals surface area contributed by atoms with Gasteiger partial charge in [-0.25, -0.2) is 4.79 Å². The number of ether oxygens (including phenoxy) is 4. The van der Waals surface area contributed by atoms with E-state index in [9.17, 15) is 19.5 Å². The topological polar surface area (TPSA) is 136 Å². The number of carbonyl (C=O) groups is 3. The summed E-state index contributed by atoms with van der Waals surface area (Å²) >= 11 is 0. The predicted octanol–water partition coefficient (Wildman–Crippen LogP) is 5.56. The van der Waals surface area contributed by atoms with E-state index in [2.05, 4.69) is 15.5 Å². The van der Waals surface area contributed by atoms with E-state index in [-0.39, 0.29) is 50.5 Å². The summed E-state index contributed by atoms with van der Waals surface area (Å²) in [5.41, 5.74) is 5.03. The molecule has 268 valence electrons. The third-order valence-corrected chi connectivity index (χ3v) is 8.69. The van der Waals surface area contributed by atoms with Crippen molar-refractivity contribution in [1.29, 1.82) is 0 Å². The first-order valence-electron chi connectivity index (χ1n) is 17.4. The van der Waals surface area contributed by atoms with Gasteiger partial charge in [0.05, 0.1) is 25.4 Å². The highest BCUT2D eigenvalue weighted by atomic mass is 16.7. The van der Waals surface area contributed by atoms with Gasteiger partial charge in [-0.3, -0.25) is 14.5 Å². The molecule has 11 nitrogen and oxygen atoms in total. The van der Waals surface area contributed by atoms with E-state index in [1.807, 2.05) is 93.6 Å². The number of aliphatic hydroxyl groups excluding tert-OH is 1. The molecule has 50 heavy (non-hydrogen) atoms. The minimum Gasteiger partial charge on any atom is -0.465 e. The van der Waals surface area contributed by atoms with Crippen LogP contribution >= 0.6 is 0 Å². The zero-order valence-electron chi connectivity index (χ0n) is 29.4. The van der Waals surface area contributed by atoms with Crippen molar-refractivity contribution >= 4 is 18.0 Å². The molecule has 0 unspecified atom stereocenters. The molecule has 0 spiro atoms. The van der Waals surface area contributed by atoms with Crippen molar-refractivity contribution in [3.8, 4) is 11.1 Å². The van der Waals surface area contributed by atoms with Crippen molar-refractivity contribution in [3.05, 3.63) is 95.1 Å². The number of esters is 2. The van der Waals surface area contributed by atoms with Gasteiger partial charge >= 0.3 is 18.0 Å². The third-order valence-electron chi connectivity index (χ3n) is 8.69. The Bertz CT molecular complexity index is 1590. The normalized spacial score (nSPS) is 21.0. The summed E-state index contributed by atoms with van der Waals surface area (Å²) in [7, 11) is 0. The Balaban J connectivity index is 1.27. The van der Waals surface area contributed by atoms with Gasteiger partial charge in [-0.1, -0.05) is 66.7 Å². The van der Waals surface area contributed by atoms with Gasteiger partial charge in [0, 0.05) is 25.1 Å². The molecule has 2 fully saturated rings. The SMILES string of the molecule is CCOC(=O)CNC(=O)NCc1cccc(-c2ccc([C@@H]3O[C@H](CN4CCC[C@H]4C(=O)OC(C)(C)C)C[C@H](c4ccc(CO)cc4)O3)cc2)c1. The summed E-state index contributed by atoms with van der Waals surface area (Å²) in [6.45, 7) is 9.09. The number of likely N-dealkylation sites (tertiary alicyclic amines) is 1. The molecule has 2 aliphatic heterocycles. The van der Waals surface area contributed by atoms with Crippen LogP contribution in [0, 0.1) is 0 Å². The lowest BCUT2D eigenvalue weighted by Gasteiger charge is -2.38. The van der Waals surface area contributed by atoms with E-state index >= 15 is 0 Å². The molecule has 0 radical (unpaired) electrons. The first-order valence-corrected chi connectivity index (χ1v) is 17.4. The smallest absolute Gasteiger partial charge is 0.325 e. The van der Waals surface area contributed by atoms with Crippen LogP contribution < -0.4 is 10.6 Å². The molecule has 0 saturated carbocycles. The minimum atomic E-state index is -0.628. The lowest BCUT2D eigenvalue weighted by Crippen LogP contribution is -2.45. The maximum atomic E-state index is 13.1. The Morgan fingerprint density at radius 1 is 0.920 bits per heavy atom. The van der Waals surface area contributed by atoms with Crippen LogP contribution in [0.5, 0.6) is 0 Å². The lowest BCUT2D eigenvalue weighted by molar-refractivity contribution is -0.253. The van der Waals surface area contributed by atoms with Crippen molar-refractivity contribution in [2.75, 3.05) is 26.2 Å². The highest BCUT2D eigenvalue weighted by molar-refractivity contribution is 5.80. The summed E-state index contributed by atoms with van der Waals surface area (Å²) in [5, 5.41) is 14.8. The van der Waals surface area contributed by atoms with E-state index in [1.54, 1.807) is 6.92 Å². The van der Waals surface area contributed by atoms with Crippen molar-refractivity contribution < 1.29 is 38.4 Å². The monoisotopic (exact) mass is 687 g/mol. The molecule has 3 aromatic rings. The molecule has 0 aliphatic carbocycles. The van der Waals surface area contributed by atoms with Gasteiger partial charge in [0.2, 0.25) is 0 Å². The zero-order valence-corrected chi connectivity index (χ0v) is 29.4. The summed E-state index contributed by atoms with van der Waals surface area (Å²) in [6.07, 6.45) is 1.23. The van der Waals surface area contributed by atoms with E-state index in [0.29, 0.717) is 13.0 Å². The molecule has 5 rings (SSSR count). The van der Waals surface area contributed by atoms with Crippen LogP contribution in [0.15, 0.2) is 72.8 Å². The minimum absolute atomic E-state index is 0.0284. The Kier molecular flexibility index (Phi) is 12.6. The maximum Gasteiger partial charge on any atom is 0.325 e. The van der Waals surface area contributed by atoms with Crippen LogP contribution in [0.4, 0.5) is 4.79 Å². The average Bonchev–Trinajstić information content (AvgIpc) is 3.57. The van der Waals surface area contributed by atoms with Crippen molar-refractivity contribution in [2.24, 2.45) is 0 Å². The average molecular weight is 688 g/mol. The highest BCUT2D eigenvalue weighted by Gasteiger charge is 2.39. The van der Waals surface area contributed by atoms with Crippen LogP contribution in [0.25, 0.3) is 11.1 Å². The van der Waals surface area contributed by atoms with Crippen molar-refractivity contribution in [3.63, 3.8) is 0 Å². The molecule has 0 bridgehead atoms. The van der Waals surface area contributed by atoms with Gasteiger partial charge in [-0.15, -0.1) is 0 Å². The molecule has 3 N–H and O–H groups in total. The summed E-state index contributed by atoms with van der Waals surface area (Å²) in [5.74, 6) is -0.680. The largest absolute Gasteiger partial charge is 0.465 e. The predicted molar refractivity (Wildman–Crippen MR) is 188 cm³/mol. The quantitative estimate of drug-likeness (QED) is 0.209. The first-order chi connectivity index (χ1) is 24.0. The molecule has 2 amide bonds. The van der Waals surface area contributed by atoms with Gasteiger partial charge in [0.15, 0.2) is 6.29 Å². The first kappa shape index (κ1) is 37.0. The number of amides is 2. The molecular formula is C39H49N3O8. The zero-order chi connectivity index (χ0) is 35.7. The third kappa shape index (κ3) is 10.4. The van der Waals surface area contributed by atoms with Gasteiger partial charge in [-0.05, 0) is 81.0 Å². The Labute approximate surface area is 294 Å². The molecule has 3 aromatic carbocycles. The fraction of sp³-hybridized carbons (Fsp3) is 0.462. The number of hydrogen-bond acceptors (Lipinski definition) is 9. The van der Waals surface area contributed by atoms with Crippen LogP contribution in [0.2, 0.25) is 0 Å². The number of rotatable bonds is 12. The molecule has 2 saturated heterocycles. The number of carbonyl (C=O) groups excluding carboxylic acids is 3. The van der Waals surface area contributed by atoms with Crippen LogP contribution in [0.3, 0.4) is 0 Å². The summed E-state index contributed by atoms with van der Waals surface area (Å²) in [4.78, 5) is 38.9. The van der Waals surface area contributed by atoms with Crippen LogP contribution in [-0.4, -0.2) is 72.0 Å². The summed E-state index contributed by atoms with van der Waals surface area (Å²) in [6, 6.07) is 23.0. The van der Waals surface area contributed by atoms with E-state index in [4.69, 9.17) is 18.9 Å². The standard InChI is InChI=1S/C39H49N3O8/c1-5-47-35(44)23-41-38(46)40-22-27-8-6-9-31(20-27)28-15-17-30(18-16-28)37-48-32(21-34(49-37)29-13-11-26(25-43)12-14-29)24-42-19-7-10-33(42)36(45)50-39(2,3)4/h6,8-9,11-18,20,32-34,37,43H,5,7,10,19,21-25H2,1-4H3,(H2,40,41,46)/t32-,33-,34+,37+/m0/s1. The maximum absolute atomic E-state index is 13.1.